The van der Waals surface area contributed by atoms with Gasteiger partial charge in [-0.3, -0.25) is 9.59 Å². The van der Waals surface area contributed by atoms with Gasteiger partial charge in [-0.15, -0.1) is 0 Å². The highest BCUT2D eigenvalue weighted by Gasteiger charge is 2.19. The van der Waals surface area contributed by atoms with Gasteiger partial charge in [-0.25, -0.2) is 4.98 Å². The van der Waals surface area contributed by atoms with E-state index in [1.165, 1.54) is 13.2 Å². The van der Waals surface area contributed by atoms with Crippen molar-refractivity contribution in [2.75, 3.05) is 58.1 Å². The standard InChI is InChI=1S/C29H38N8O3/c1-5-16-31-27-23(20-33-29(36-27)34-24-14-12-22(19-30)13-15-24)10-7-6-8-17-32-28(39)25(21-40-4)35-26(38)11-9-18-37(2)3/h9,11-15,20,25H,5-6,8,16-18,21H2,1-4H3,(H,32,39)(H,35,38)(H2,31,33,34,36)/b11-9+. The summed E-state index contributed by atoms with van der Waals surface area (Å²) in [5.74, 6) is 6.61. The van der Waals surface area contributed by atoms with Crippen molar-refractivity contribution in [1.82, 2.24) is 25.5 Å². The van der Waals surface area contributed by atoms with Crippen LogP contribution in [0.2, 0.25) is 0 Å². The summed E-state index contributed by atoms with van der Waals surface area (Å²) in [5, 5.41) is 20.9. The SMILES string of the molecule is CCCNc1nc(Nc2ccc(C#N)cc2)ncc1C#CCCCNC(=O)C(COC)NC(=O)/C=C/CN(C)C. The molecule has 2 rings (SSSR count). The van der Waals surface area contributed by atoms with E-state index in [4.69, 9.17) is 10.00 Å². The Morgan fingerprint density at radius 3 is 2.65 bits per heavy atom. The molecule has 11 heteroatoms. The lowest BCUT2D eigenvalue weighted by Gasteiger charge is -2.16. The number of likely N-dealkylation sites (N-methyl/N-ethyl adjacent to an activating group) is 1. The maximum absolute atomic E-state index is 12.5. The monoisotopic (exact) mass is 546 g/mol. The number of carbonyl (C=O) groups excluding carboxylic acids is 2. The molecule has 1 heterocycles. The van der Waals surface area contributed by atoms with Crippen LogP contribution in [0.5, 0.6) is 0 Å². The highest BCUT2D eigenvalue weighted by Crippen LogP contribution is 2.17. The fourth-order valence-electron chi connectivity index (χ4n) is 3.28. The van der Waals surface area contributed by atoms with Crippen molar-refractivity contribution in [2.45, 2.75) is 32.2 Å². The lowest BCUT2D eigenvalue weighted by Crippen LogP contribution is -2.49. The molecule has 0 bridgehead atoms. The number of nitriles is 1. The minimum atomic E-state index is -0.784. The van der Waals surface area contributed by atoms with E-state index in [0.29, 0.717) is 48.8 Å². The minimum absolute atomic E-state index is 0.0719. The second-order valence-electron chi connectivity index (χ2n) is 9.07. The van der Waals surface area contributed by atoms with Crippen LogP contribution >= 0.6 is 0 Å². The third-order valence-electron chi connectivity index (χ3n) is 5.31. The van der Waals surface area contributed by atoms with E-state index in [0.717, 1.165) is 18.7 Å². The quantitative estimate of drug-likeness (QED) is 0.150. The number of carbonyl (C=O) groups is 2. The normalized spacial score (nSPS) is 11.3. The summed E-state index contributed by atoms with van der Waals surface area (Å²) >= 11 is 0. The molecule has 0 aliphatic carbocycles. The summed E-state index contributed by atoms with van der Waals surface area (Å²) in [7, 11) is 5.28. The van der Waals surface area contributed by atoms with Crippen molar-refractivity contribution in [1.29, 1.82) is 5.26 Å². The van der Waals surface area contributed by atoms with Crippen molar-refractivity contribution < 1.29 is 14.3 Å². The smallest absolute Gasteiger partial charge is 0.244 e. The van der Waals surface area contributed by atoms with Gasteiger partial charge in [0.1, 0.15) is 11.9 Å². The fourth-order valence-corrected chi connectivity index (χ4v) is 3.28. The topological polar surface area (TPSA) is 144 Å². The van der Waals surface area contributed by atoms with Crippen molar-refractivity contribution >= 4 is 29.3 Å². The van der Waals surface area contributed by atoms with Gasteiger partial charge < -0.3 is 30.9 Å². The molecule has 2 aromatic rings. The molecular formula is C29H38N8O3. The summed E-state index contributed by atoms with van der Waals surface area (Å²) in [6.45, 7) is 3.90. The van der Waals surface area contributed by atoms with Gasteiger partial charge in [0.25, 0.3) is 0 Å². The summed E-state index contributed by atoms with van der Waals surface area (Å²) in [6.07, 6.45) is 6.90. The van der Waals surface area contributed by atoms with E-state index in [2.05, 4.69) is 56.1 Å². The van der Waals surface area contributed by atoms with Crippen LogP contribution in [0.25, 0.3) is 0 Å². The molecule has 0 spiro atoms. The van der Waals surface area contributed by atoms with Gasteiger partial charge in [0.05, 0.1) is 30.0 Å². The number of nitrogens with zero attached hydrogens (tertiary/aromatic N) is 4. The molecule has 0 fully saturated rings. The van der Waals surface area contributed by atoms with Crippen LogP contribution in [0.3, 0.4) is 0 Å². The van der Waals surface area contributed by atoms with Crippen molar-refractivity contribution in [2.24, 2.45) is 0 Å². The molecule has 0 radical (unpaired) electrons. The number of methoxy groups -OCH3 is 1. The average molecular weight is 547 g/mol. The van der Waals surface area contributed by atoms with Crippen LogP contribution in [0.4, 0.5) is 17.5 Å². The van der Waals surface area contributed by atoms with Crippen LogP contribution in [-0.2, 0) is 14.3 Å². The number of benzene rings is 1. The first-order valence-corrected chi connectivity index (χ1v) is 13.1. The van der Waals surface area contributed by atoms with E-state index in [1.807, 2.05) is 19.0 Å². The zero-order chi connectivity index (χ0) is 29.2. The van der Waals surface area contributed by atoms with Crippen LogP contribution in [0.1, 0.15) is 37.3 Å². The molecule has 2 amide bonds. The Kier molecular flexibility index (Phi) is 14.3. The zero-order valence-electron chi connectivity index (χ0n) is 23.6. The molecule has 40 heavy (non-hydrogen) atoms. The van der Waals surface area contributed by atoms with E-state index in [9.17, 15) is 9.59 Å². The second kappa shape index (κ2) is 17.9. The Balaban J connectivity index is 1.90. The van der Waals surface area contributed by atoms with Crippen LogP contribution < -0.4 is 21.3 Å². The lowest BCUT2D eigenvalue weighted by atomic mass is 10.2. The maximum atomic E-state index is 12.5. The maximum Gasteiger partial charge on any atom is 0.244 e. The second-order valence-corrected chi connectivity index (χ2v) is 9.07. The number of nitrogens with one attached hydrogen (secondary N) is 4. The molecule has 4 N–H and O–H groups in total. The first-order valence-electron chi connectivity index (χ1n) is 13.1. The molecule has 1 unspecified atom stereocenters. The number of aromatic nitrogens is 2. The molecule has 0 saturated carbocycles. The van der Waals surface area contributed by atoms with E-state index in [1.54, 1.807) is 36.5 Å². The van der Waals surface area contributed by atoms with Crippen molar-refractivity contribution in [3.05, 3.63) is 53.7 Å². The summed E-state index contributed by atoms with van der Waals surface area (Å²) < 4.78 is 5.09. The Bertz CT molecular complexity index is 1230. The predicted molar refractivity (Wildman–Crippen MR) is 156 cm³/mol. The summed E-state index contributed by atoms with van der Waals surface area (Å²) in [6, 6.07) is 8.34. The Morgan fingerprint density at radius 2 is 1.98 bits per heavy atom. The van der Waals surface area contributed by atoms with E-state index in [-0.39, 0.29) is 18.4 Å². The van der Waals surface area contributed by atoms with Gasteiger partial charge in [-0.1, -0.05) is 24.8 Å². The number of amides is 2. The molecule has 1 aromatic carbocycles. The molecule has 0 aliphatic rings. The highest BCUT2D eigenvalue weighted by molar-refractivity contribution is 5.93. The van der Waals surface area contributed by atoms with E-state index < -0.39 is 6.04 Å². The number of hydrogen-bond donors (Lipinski definition) is 4. The van der Waals surface area contributed by atoms with E-state index >= 15 is 0 Å². The number of hydrogen-bond acceptors (Lipinski definition) is 9. The first kappa shape index (κ1) is 31.8. The number of anilines is 3. The molecule has 11 nitrogen and oxygen atoms in total. The molecule has 0 aliphatic heterocycles. The van der Waals surface area contributed by atoms with Crippen LogP contribution in [0, 0.1) is 23.2 Å². The minimum Gasteiger partial charge on any atom is -0.382 e. The lowest BCUT2D eigenvalue weighted by molar-refractivity contribution is -0.128. The van der Waals surface area contributed by atoms with Crippen molar-refractivity contribution in [3.8, 4) is 17.9 Å². The van der Waals surface area contributed by atoms with Gasteiger partial charge >= 0.3 is 0 Å². The third kappa shape index (κ3) is 11.9. The van der Waals surface area contributed by atoms with Crippen molar-refractivity contribution in [3.63, 3.8) is 0 Å². The van der Waals surface area contributed by atoms with Gasteiger partial charge in [0.2, 0.25) is 17.8 Å². The third-order valence-corrected chi connectivity index (χ3v) is 5.31. The first-order chi connectivity index (χ1) is 19.4. The van der Waals surface area contributed by atoms with Crippen LogP contribution in [0.15, 0.2) is 42.6 Å². The number of unbranched alkanes of at least 4 members (excludes halogenated alkanes) is 1. The molecule has 1 aromatic heterocycles. The van der Waals surface area contributed by atoms with Gasteiger partial charge in [-0.05, 0) is 51.2 Å². The molecule has 0 saturated heterocycles. The number of ether oxygens (including phenoxy) is 1. The summed E-state index contributed by atoms with van der Waals surface area (Å²) in [5.41, 5.74) is 2.02. The van der Waals surface area contributed by atoms with Gasteiger partial charge in [0, 0.05) is 44.9 Å². The molecule has 212 valence electrons. The Hall–Kier alpha value is -4.45. The Labute approximate surface area is 236 Å². The molecular weight excluding hydrogens is 508 g/mol. The fraction of sp³-hybridized carbons (Fsp3) is 0.414. The number of rotatable bonds is 15. The largest absolute Gasteiger partial charge is 0.382 e. The van der Waals surface area contributed by atoms with Gasteiger partial charge in [-0.2, -0.15) is 10.2 Å². The predicted octanol–water partition coefficient (Wildman–Crippen LogP) is 2.41. The highest BCUT2D eigenvalue weighted by atomic mass is 16.5. The summed E-state index contributed by atoms with van der Waals surface area (Å²) in [4.78, 5) is 35.5. The van der Waals surface area contributed by atoms with Crippen LogP contribution in [-0.4, -0.2) is 80.2 Å². The Morgan fingerprint density at radius 1 is 1.20 bits per heavy atom. The molecule has 1 atom stereocenters. The van der Waals surface area contributed by atoms with Gasteiger partial charge in [0.15, 0.2) is 0 Å². The zero-order valence-corrected chi connectivity index (χ0v) is 23.6. The average Bonchev–Trinajstić information content (AvgIpc) is 2.94.